The van der Waals surface area contributed by atoms with Crippen molar-refractivity contribution in [3.05, 3.63) is 53.6 Å². The maximum atomic E-state index is 13.4. The second-order valence-electron chi connectivity index (χ2n) is 9.86. The highest BCUT2D eigenvalue weighted by Gasteiger charge is 2.34. The van der Waals surface area contributed by atoms with Crippen LogP contribution in [0.3, 0.4) is 0 Å². The Morgan fingerprint density at radius 2 is 1.80 bits per heavy atom. The summed E-state index contributed by atoms with van der Waals surface area (Å²) in [4.78, 5) is 33.9. The molecule has 186 valence electrons. The highest BCUT2D eigenvalue weighted by Crippen LogP contribution is 2.26. The van der Waals surface area contributed by atoms with Crippen LogP contribution in [0.5, 0.6) is 0 Å². The number of aliphatic hydroxyl groups excluding tert-OH is 1. The van der Waals surface area contributed by atoms with Gasteiger partial charge in [0.05, 0.1) is 11.9 Å². The van der Waals surface area contributed by atoms with Gasteiger partial charge in [-0.2, -0.15) is 5.10 Å². The van der Waals surface area contributed by atoms with Crippen molar-refractivity contribution in [1.82, 2.24) is 24.4 Å². The molecule has 2 atom stereocenters. The van der Waals surface area contributed by atoms with Gasteiger partial charge in [0.15, 0.2) is 5.65 Å². The average Bonchev–Trinajstić information content (AvgIpc) is 3.26. The molecule has 0 bridgehead atoms. The van der Waals surface area contributed by atoms with E-state index in [2.05, 4.69) is 10.1 Å². The van der Waals surface area contributed by atoms with Gasteiger partial charge >= 0.3 is 0 Å². The fourth-order valence-corrected chi connectivity index (χ4v) is 4.37. The lowest BCUT2D eigenvalue weighted by Gasteiger charge is -2.40. The zero-order chi connectivity index (χ0) is 25.4. The molecule has 2 aromatic heterocycles. The summed E-state index contributed by atoms with van der Waals surface area (Å²) in [6.07, 6.45) is 0.585. The maximum Gasteiger partial charge on any atom is 0.274 e. The molecular formula is C26H32FN5O3. The number of aliphatic hydroxyl groups is 1. The molecule has 2 unspecified atom stereocenters. The first-order chi connectivity index (χ1) is 16.6. The lowest BCUT2D eigenvalue weighted by atomic mass is 10.0. The Morgan fingerprint density at radius 3 is 2.40 bits per heavy atom. The highest BCUT2D eigenvalue weighted by molar-refractivity contribution is 5.93. The number of benzene rings is 1. The Labute approximate surface area is 204 Å². The summed E-state index contributed by atoms with van der Waals surface area (Å²) >= 11 is 0. The topological polar surface area (TPSA) is 91.0 Å². The average molecular weight is 482 g/mol. The molecule has 8 nitrogen and oxygen atoms in total. The number of halogens is 1. The van der Waals surface area contributed by atoms with Crippen LogP contribution in [0.2, 0.25) is 0 Å². The van der Waals surface area contributed by atoms with Crippen LogP contribution < -0.4 is 0 Å². The monoisotopic (exact) mass is 481 g/mol. The van der Waals surface area contributed by atoms with Crippen LogP contribution in [-0.2, 0) is 4.79 Å². The first kappa shape index (κ1) is 24.8. The fourth-order valence-electron chi connectivity index (χ4n) is 4.37. The van der Waals surface area contributed by atoms with Crippen molar-refractivity contribution >= 4 is 17.5 Å². The van der Waals surface area contributed by atoms with Crippen molar-refractivity contribution in [3.63, 3.8) is 0 Å². The quantitative estimate of drug-likeness (QED) is 0.604. The minimum atomic E-state index is -1.04. The molecule has 0 spiro atoms. The van der Waals surface area contributed by atoms with E-state index in [0.29, 0.717) is 31.0 Å². The summed E-state index contributed by atoms with van der Waals surface area (Å²) in [5.74, 6) is -0.879. The summed E-state index contributed by atoms with van der Waals surface area (Å²) in [5.41, 5.74) is 3.27. The minimum Gasteiger partial charge on any atom is -0.383 e. The number of amides is 2. The Balaban J connectivity index is 1.60. The fraction of sp³-hybridized carbons (Fsp3) is 0.462. The number of rotatable bonds is 5. The SMILES string of the molecule is CC(C)c1cc(-c2ccc(F)cc2)nn2cc(C(=O)N3CCN(C(=O)C(O)C(C)C)CC3C)nc12. The molecule has 2 amide bonds. The molecule has 1 saturated heterocycles. The molecular weight excluding hydrogens is 449 g/mol. The molecule has 3 aromatic rings. The van der Waals surface area contributed by atoms with Crippen LogP contribution in [0.15, 0.2) is 36.5 Å². The first-order valence-corrected chi connectivity index (χ1v) is 12.0. The Morgan fingerprint density at radius 1 is 1.11 bits per heavy atom. The number of piperazine rings is 1. The molecule has 0 radical (unpaired) electrons. The molecule has 1 N–H and O–H groups in total. The number of fused-ring (bicyclic) bond motifs is 1. The van der Waals surface area contributed by atoms with Crippen LogP contribution in [0, 0.1) is 11.7 Å². The van der Waals surface area contributed by atoms with Gasteiger partial charge < -0.3 is 14.9 Å². The molecule has 0 aliphatic carbocycles. The van der Waals surface area contributed by atoms with Gasteiger partial charge in [0, 0.05) is 36.8 Å². The van der Waals surface area contributed by atoms with Gasteiger partial charge in [-0.3, -0.25) is 9.59 Å². The predicted molar refractivity (Wildman–Crippen MR) is 130 cm³/mol. The zero-order valence-electron chi connectivity index (χ0n) is 20.8. The standard InChI is InChI=1S/C26H32FN5O3/c1-15(2)20-12-21(18-6-8-19(27)9-7-18)29-32-14-22(28-24(20)32)25(34)31-11-10-30(13-17(31)5)26(35)23(33)16(3)4/h6-9,12,14-17,23,33H,10-11,13H2,1-5H3. The number of hydrogen-bond donors (Lipinski definition) is 1. The molecule has 0 saturated carbocycles. The van der Waals surface area contributed by atoms with E-state index in [1.807, 2.05) is 26.8 Å². The summed E-state index contributed by atoms with van der Waals surface area (Å²) in [6.45, 7) is 10.6. The molecule has 1 aliphatic rings. The smallest absolute Gasteiger partial charge is 0.274 e. The molecule has 1 fully saturated rings. The van der Waals surface area contributed by atoms with Gasteiger partial charge in [-0.15, -0.1) is 0 Å². The van der Waals surface area contributed by atoms with Gasteiger partial charge in [0.2, 0.25) is 0 Å². The van der Waals surface area contributed by atoms with Crippen LogP contribution >= 0.6 is 0 Å². The number of nitrogens with zero attached hydrogens (tertiary/aromatic N) is 5. The minimum absolute atomic E-state index is 0.130. The van der Waals surface area contributed by atoms with Gasteiger partial charge in [-0.05, 0) is 49.1 Å². The van der Waals surface area contributed by atoms with Gasteiger partial charge in [0.25, 0.3) is 11.8 Å². The summed E-state index contributed by atoms with van der Waals surface area (Å²) in [5, 5.41) is 14.8. The van der Waals surface area contributed by atoms with Crippen molar-refractivity contribution in [2.45, 2.75) is 52.7 Å². The van der Waals surface area contributed by atoms with E-state index < -0.39 is 6.10 Å². The van der Waals surface area contributed by atoms with Crippen molar-refractivity contribution < 1.29 is 19.1 Å². The maximum absolute atomic E-state index is 13.4. The van der Waals surface area contributed by atoms with Crippen molar-refractivity contribution in [3.8, 4) is 11.3 Å². The van der Waals surface area contributed by atoms with Gasteiger partial charge in [-0.25, -0.2) is 13.9 Å². The van der Waals surface area contributed by atoms with E-state index in [-0.39, 0.29) is 41.2 Å². The van der Waals surface area contributed by atoms with E-state index in [1.165, 1.54) is 12.1 Å². The van der Waals surface area contributed by atoms with Gasteiger partial charge in [-0.1, -0.05) is 27.7 Å². The first-order valence-electron chi connectivity index (χ1n) is 12.0. The van der Waals surface area contributed by atoms with E-state index in [9.17, 15) is 19.1 Å². The number of carbonyl (C=O) groups excluding carboxylic acids is 2. The third-order valence-electron chi connectivity index (χ3n) is 6.52. The highest BCUT2D eigenvalue weighted by atomic mass is 19.1. The molecule has 1 aliphatic heterocycles. The van der Waals surface area contributed by atoms with Crippen LogP contribution in [0.25, 0.3) is 16.9 Å². The number of hydrogen-bond acceptors (Lipinski definition) is 5. The Hall–Kier alpha value is -3.33. The second-order valence-corrected chi connectivity index (χ2v) is 9.86. The van der Waals surface area contributed by atoms with E-state index in [0.717, 1.165) is 11.1 Å². The Bertz CT molecular complexity index is 1240. The molecule has 4 rings (SSSR count). The number of imidazole rings is 1. The molecule has 1 aromatic carbocycles. The third kappa shape index (κ3) is 4.91. The van der Waals surface area contributed by atoms with Crippen molar-refractivity contribution in [2.75, 3.05) is 19.6 Å². The van der Waals surface area contributed by atoms with Crippen molar-refractivity contribution in [1.29, 1.82) is 0 Å². The summed E-state index contributed by atoms with van der Waals surface area (Å²) < 4.78 is 15.0. The number of carbonyl (C=O) groups is 2. The van der Waals surface area contributed by atoms with E-state index in [1.54, 1.807) is 46.5 Å². The third-order valence-corrected chi connectivity index (χ3v) is 6.52. The molecule has 9 heteroatoms. The normalized spacial score (nSPS) is 17.5. The molecule has 3 heterocycles. The van der Waals surface area contributed by atoms with Crippen LogP contribution in [0.4, 0.5) is 4.39 Å². The molecule has 35 heavy (non-hydrogen) atoms. The van der Waals surface area contributed by atoms with Gasteiger partial charge in [0.1, 0.15) is 17.6 Å². The predicted octanol–water partition coefficient (Wildman–Crippen LogP) is 3.35. The number of aromatic nitrogens is 3. The zero-order valence-corrected chi connectivity index (χ0v) is 20.8. The lowest BCUT2D eigenvalue weighted by molar-refractivity contribution is -0.144. The summed E-state index contributed by atoms with van der Waals surface area (Å²) in [7, 11) is 0. The lowest BCUT2D eigenvalue weighted by Crippen LogP contribution is -2.57. The van der Waals surface area contributed by atoms with Crippen LogP contribution in [0.1, 0.15) is 56.6 Å². The van der Waals surface area contributed by atoms with E-state index >= 15 is 0 Å². The van der Waals surface area contributed by atoms with Crippen LogP contribution in [-0.4, -0.2) is 73.1 Å². The Kier molecular flexibility index (Phi) is 6.89. The largest absolute Gasteiger partial charge is 0.383 e. The second kappa shape index (κ2) is 9.73. The van der Waals surface area contributed by atoms with Crippen molar-refractivity contribution in [2.24, 2.45) is 5.92 Å². The van der Waals surface area contributed by atoms with E-state index in [4.69, 9.17) is 0 Å². The summed E-state index contributed by atoms with van der Waals surface area (Å²) in [6, 6.07) is 7.85.